The van der Waals surface area contributed by atoms with Gasteiger partial charge in [0.15, 0.2) is 0 Å². The second-order valence-electron chi connectivity index (χ2n) is 6.57. The number of pyridine rings is 1. The van der Waals surface area contributed by atoms with Gasteiger partial charge < -0.3 is 14.8 Å². The zero-order valence-corrected chi connectivity index (χ0v) is 16.4. The lowest BCUT2D eigenvalue weighted by Gasteiger charge is -2.12. The van der Waals surface area contributed by atoms with E-state index < -0.39 is 16.9 Å². The van der Waals surface area contributed by atoms with Crippen LogP contribution >= 0.6 is 0 Å². The van der Waals surface area contributed by atoms with E-state index in [4.69, 9.17) is 0 Å². The number of hydrogen-bond donors (Lipinski definition) is 3. The molecule has 11 heteroatoms. The molecule has 0 spiro atoms. The molecule has 0 saturated carbocycles. The van der Waals surface area contributed by atoms with E-state index in [0.717, 1.165) is 18.0 Å². The van der Waals surface area contributed by atoms with Crippen LogP contribution < -0.4 is 5.43 Å². The Kier molecular flexibility index (Phi) is 5.77. The number of hydrazone groups is 1. The van der Waals surface area contributed by atoms with Crippen molar-refractivity contribution < 1.29 is 24.7 Å². The summed E-state index contributed by atoms with van der Waals surface area (Å²) < 4.78 is 1.73. The minimum Gasteiger partial charge on any atom is -0.478 e. The molecule has 0 atom stereocenters. The number of aromatic nitrogens is 2. The Hall–Kier alpha value is -4.54. The summed E-state index contributed by atoms with van der Waals surface area (Å²) in [5.41, 5.74) is 4.81. The number of carboxylic acids is 2. The van der Waals surface area contributed by atoms with Crippen molar-refractivity contribution in [2.45, 2.75) is 13.8 Å². The molecule has 0 aliphatic carbocycles. The summed E-state index contributed by atoms with van der Waals surface area (Å²) in [6, 6.07) is 8.42. The lowest BCUT2D eigenvalue weighted by Crippen LogP contribution is -2.07. The largest absolute Gasteiger partial charge is 0.478 e. The molecule has 0 amide bonds. The van der Waals surface area contributed by atoms with E-state index in [1.165, 1.54) is 30.5 Å². The predicted octanol–water partition coefficient (Wildman–Crippen LogP) is 3.24. The summed E-state index contributed by atoms with van der Waals surface area (Å²) in [6.45, 7) is 3.58. The molecule has 3 N–H and O–H groups in total. The van der Waals surface area contributed by atoms with Crippen LogP contribution in [-0.4, -0.2) is 42.8 Å². The highest BCUT2D eigenvalue weighted by Gasteiger charge is 2.16. The molecule has 2 heterocycles. The molecule has 0 unspecified atom stereocenters. The van der Waals surface area contributed by atoms with Gasteiger partial charge in [-0.15, -0.1) is 0 Å². The predicted molar refractivity (Wildman–Crippen MR) is 111 cm³/mol. The summed E-state index contributed by atoms with van der Waals surface area (Å²) in [5, 5.41) is 33.3. The van der Waals surface area contributed by atoms with Crippen LogP contribution in [0.15, 0.2) is 47.7 Å². The van der Waals surface area contributed by atoms with Crippen LogP contribution in [0.25, 0.3) is 5.69 Å². The van der Waals surface area contributed by atoms with E-state index in [1.807, 2.05) is 0 Å². The number of nitro groups is 1. The average Bonchev–Trinajstić information content (AvgIpc) is 3.01. The summed E-state index contributed by atoms with van der Waals surface area (Å²) in [4.78, 5) is 36.8. The van der Waals surface area contributed by atoms with Crippen LogP contribution in [0.3, 0.4) is 0 Å². The average molecular weight is 423 g/mol. The number of anilines is 1. The van der Waals surface area contributed by atoms with Crippen molar-refractivity contribution in [1.29, 1.82) is 0 Å². The van der Waals surface area contributed by atoms with Gasteiger partial charge in [0, 0.05) is 28.7 Å². The van der Waals surface area contributed by atoms with Gasteiger partial charge in [-0.2, -0.15) is 5.10 Å². The Morgan fingerprint density at radius 1 is 1.13 bits per heavy atom. The summed E-state index contributed by atoms with van der Waals surface area (Å²) >= 11 is 0. The third kappa shape index (κ3) is 4.56. The fourth-order valence-electron chi connectivity index (χ4n) is 3.03. The van der Waals surface area contributed by atoms with Gasteiger partial charge in [0.1, 0.15) is 12.0 Å². The van der Waals surface area contributed by atoms with E-state index >= 15 is 0 Å². The van der Waals surface area contributed by atoms with Gasteiger partial charge in [-0.25, -0.2) is 14.6 Å². The summed E-state index contributed by atoms with van der Waals surface area (Å²) in [6.07, 6.45) is 2.63. The molecule has 0 aliphatic heterocycles. The number of nitrogens with one attached hydrogen (secondary N) is 1. The highest BCUT2D eigenvalue weighted by molar-refractivity contribution is 5.95. The Labute approximate surface area is 175 Å². The minimum atomic E-state index is -1.23. The smallest absolute Gasteiger partial charge is 0.335 e. The molecule has 0 aliphatic rings. The number of carboxylic acid groups (broad SMARTS) is 2. The van der Waals surface area contributed by atoms with Crippen LogP contribution in [-0.2, 0) is 0 Å². The lowest BCUT2D eigenvalue weighted by atomic mass is 10.1. The molecule has 158 valence electrons. The number of aromatic carboxylic acids is 2. The van der Waals surface area contributed by atoms with Crippen LogP contribution in [0.5, 0.6) is 0 Å². The first-order valence-electron chi connectivity index (χ1n) is 8.88. The monoisotopic (exact) mass is 423 g/mol. The quantitative estimate of drug-likeness (QED) is 0.296. The van der Waals surface area contributed by atoms with Crippen LogP contribution in [0.4, 0.5) is 11.5 Å². The standard InChI is InChI=1S/C20H17N5O6/c1-11-5-15(9-22-23-18-4-3-16(10-21-18)25(30)31)12(2)24(11)17-7-13(19(26)27)6-14(8-17)20(28)29/h3-10H,1-2H3,(H,21,23)(H,26,27)(H,28,29)/b22-9-. The number of aryl methyl sites for hydroxylation is 1. The fourth-order valence-corrected chi connectivity index (χ4v) is 3.03. The second-order valence-corrected chi connectivity index (χ2v) is 6.57. The zero-order valence-electron chi connectivity index (χ0n) is 16.4. The van der Waals surface area contributed by atoms with Crippen molar-refractivity contribution in [3.05, 3.63) is 80.8 Å². The van der Waals surface area contributed by atoms with Crippen molar-refractivity contribution in [1.82, 2.24) is 9.55 Å². The maximum atomic E-state index is 11.4. The van der Waals surface area contributed by atoms with E-state index in [2.05, 4.69) is 15.5 Å². The van der Waals surface area contributed by atoms with Gasteiger partial charge in [-0.05, 0) is 44.2 Å². The molecule has 3 rings (SSSR count). The summed E-state index contributed by atoms with van der Waals surface area (Å²) in [7, 11) is 0. The first-order chi connectivity index (χ1) is 14.7. The number of rotatable bonds is 7. The van der Waals surface area contributed by atoms with E-state index in [9.17, 15) is 29.9 Å². The maximum absolute atomic E-state index is 11.4. The van der Waals surface area contributed by atoms with Crippen molar-refractivity contribution >= 4 is 29.7 Å². The minimum absolute atomic E-state index is 0.136. The summed E-state index contributed by atoms with van der Waals surface area (Å²) in [5.74, 6) is -2.14. The number of hydrogen-bond acceptors (Lipinski definition) is 7. The molecular formula is C20H17N5O6. The van der Waals surface area contributed by atoms with E-state index in [0.29, 0.717) is 22.8 Å². The molecule has 11 nitrogen and oxygen atoms in total. The lowest BCUT2D eigenvalue weighted by molar-refractivity contribution is -0.385. The molecule has 1 aromatic carbocycles. The van der Waals surface area contributed by atoms with Crippen molar-refractivity contribution in [3.8, 4) is 5.69 Å². The third-order valence-corrected chi connectivity index (χ3v) is 4.48. The van der Waals surface area contributed by atoms with E-state index in [-0.39, 0.29) is 16.8 Å². The molecule has 0 fully saturated rings. The van der Waals surface area contributed by atoms with Gasteiger partial charge in [-0.1, -0.05) is 0 Å². The first-order valence-corrected chi connectivity index (χ1v) is 8.88. The van der Waals surface area contributed by atoms with Crippen LogP contribution in [0.1, 0.15) is 37.7 Å². The second kappa shape index (κ2) is 8.45. The first kappa shape index (κ1) is 21.2. The normalized spacial score (nSPS) is 10.9. The van der Waals surface area contributed by atoms with Crippen LogP contribution in [0.2, 0.25) is 0 Å². The van der Waals surface area contributed by atoms with Crippen LogP contribution in [0, 0.1) is 24.0 Å². The number of nitrogens with zero attached hydrogens (tertiary/aromatic N) is 4. The molecule has 0 bridgehead atoms. The molecular weight excluding hydrogens is 406 g/mol. The number of carbonyl (C=O) groups is 2. The highest BCUT2D eigenvalue weighted by atomic mass is 16.6. The van der Waals surface area contributed by atoms with Crippen molar-refractivity contribution in [2.24, 2.45) is 5.10 Å². The maximum Gasteiger partial charge on any atom is 0.335 e. The Morgan fingerprint density at radius 2 is 1.77 bits per heavy atom. The molecule has 3 aromatic rings. The Bertz CT molecular complexity index is 1180. The SMILES string of the molecule is Cc1cc(/C=N\Nc2ccc([N+](=O)[O-])cn2)c(C)n1-c1cc(C(=O)O)cc(C(=O)O)c1. The van der Waals surface area contributed by atoms with Gasteiger partial charge in [0.05, 0.1) is 22.3 Å². The Balaban J connectivity index is 1.90. The van der Waals surface area contributed by atoms with Crippen molar-refractivity contribution in [3.63, 3.8) is 0 Å². The molecule has 31 heavy (non-hydrogen) atoms. The highest BCUT2D eigenvalue weighted by Crippen LogP contribution is 2.23. The van der Waals surface area contributed by atoms with Gasteiger partial charge >= 0.3 is 11.9 Å². The third-order valence-electron chi connectivity index (χ3n) is 4.48. The van der Waals surface area contributed by atoms with Gasteiger partial charge in [-0.3, -0.25) is 15.5 Å². The topological polar surface area (TPSA) is 160 Å². The molecule has 0 radical (unpaired) electrons. The van der Waals surface area contributed by atoms with Gasteiger partial charge in [0.2, 0.25) is 0 Å². The number of benzene rings is 1. The van der Waals surface area contributed by atoms with Gasteiger partial charge in [0.25, 0.3) is 5.69 Å². The van der Waals surface area contributed by atoms with Crippen molar-refractivity contribution in [2.75, 3.05) is 5.43 Å². The molecule has 2 aromatic heterocycles. The molecule has 0 saturated heterocycles. The van der Waals surface area contributed by atoms with E-state index in [1.54, 1.807) is 24.5 Å². The fraction of sp³-hybridized carbons (Fsp3) is 0.100. The Morgan fingerprint density at radius 3 is 2.29 bits per heavy atom. The zero-order chi connectivity index (χ0) is 22.7.